The third kappa shape index (κ3) is 4.66. The van der Waals surface area contributed by atoms with Crippen LogP contribution in [0.2, 0.25) is 0 Å². The number of halogens is 1. The number of aryl methyl sites for hydroxylation is 1. The maximum atomic E-state index is 13.8. The Morgan fingerprint density at radius 1 is 1.03 bits per heavy atom. The van der Waals surface area contributed by atoms with Gasteiger partial charge < -0.3 is 10.1 Å². The van der Waals surface area contributed by atoms with E-state index in [9.17, 15) is 19.2 Å². The molecule has 0 aromatic heterocycles. The molecule has 0 bridgehead atoms. The van der Waals surface area contributed by atoms with Crippen molar-refractivity contribution in [3.8, 4) is 17.2 Å². The molecule has 0 aliphatic rings. The lowest BCUT2D eigenvalue weighted by molar-refractivity contribution is -0.119. The molecular weight excluding hydrogens is 371 g/mol. The first-order chi connectivity index (χ1) is 14.0. The number of carbonyl (C=O) groups is 2. The van der Waals surface area contributed by atoms with E-state index in [0.29, 0.717) is 16.7 Å². The van der Waals surface area contributed by atoms with Crippen LogP contribution in [-0.2, 0) is 9.53 Å². The zero-order valence-corrected chi connectivity index (χ0v) is 15.6. The van der Waals surface area contributed by atoms with Crippen molar-refractivity contribution in [3.05, 3.63) is 89.2 Å². The van der Waals surface area contributed by atoms with Gasteiger partial charge in [0.05, 0.1) is 22.9 Å². The van der Waals surface area contributed by atoms with E-state index in [1.54, 1.807) is 61.5 Å². The molecule has 0 saturated heterocycles. The Hall–Kier alpha value is -3.98. The van der Waals surface area contributed by atoms with Gasteiger partial charge in [-0.3, -0.25) is 4.79 Å². The number of anilines is 1. The summed E-state index contributed by atoms with van der Waals surface area (Å²) in [6.45, 7) is 1.17. The Morgan fingerprint density at radius 3 is 2.45 bits per heavy atom. The number of amides is 1. The van der Waals surface area contributed by atoms with Gasteiger partial charge in [-0.25, -0.2) is 9.18 Å². The fourth-order valence-electron chi connectivity index (χ4n) is 2.83. The number of rotatable bonds is 5. The Kier molecular flexibility index (Phi) is 6.00. The lowest BCUT2D eigenvalue weighted by Gasteiger charge is -2.11. The largest absolute Gasteiger partial charge is 0.452 e. The van der Waals surface area contributed by atoms with E-state index in [4.69, 9.17) is 4.74 Å². The van der Waals surface area contributed by atoms with Crippen LogP contribution in [0.1, 0.15) is 21.5 Å². The number of carbonyl (C=O) groups excluding carboxylic acids is 2. The third-order valence-electron chi connectivity index (χ3n) is 4.22. The summed E-state index contributed by atoms with van der Waals surface area (Å²) in [5, 5.41) is 11.7. The normalized spacial score (nSPS) is 10.1. The summed E-state index contributed by atoms with van der Waals surface area (Å²) in [4.78, 5) is 24.6. The Labute approximate surface area is 167 Å². The molecule has 144 valence electrons. The van der Waals surface area contributed by atoms with Crippen molar-refractivity contribution >= 4 is 17.6 Å². The number of ether oxygens (including phenoxy) is 1. The van der Waals surface area contributed by atoms with E-state index in [2.05, 4.69) is 11.4 Å². The summed E-state index contributed by atoms with van der Waals surface area (Å²) in [5.74, 6) is -1.94. The van der Waals surface area contributed by atoms with Gasteiger partial charge in [-0.1, -0.05) is 42.5 Å². The molecule has 3 aromatic carbocycles. The summed E-state index contributed by atoms with van der Waals surface area (Å²) in [6.07, 6.45) is 0. The molecule has 6 heteroatoms. The van der Waals surface area contributed by atoms with Crippen LogP contribution in [0, 0.1) is 24.1 Å². The summed E-state index contributed by atoms with van der Waals surface area (Å²) in [7, 11) is 0. The molecule has 0 spiro atoms. The molecule has 0 saturated carbocycles. The molecule has 1 N–H and O–H groups in total. The van der Waals surface area contributed by atoms with Crippen molar-refractivity contribution in [2.75, 3.05) is 11.9 Å². The molecule has 29 heavy (non-hydrogen) atoms. The summed E-state index contributed by atoms with van der Waals surface area (Å²) >= 11 is 0. The van der Waals surface area contributed by atoms with Crippen LogP contribution in [0.4, 0.5) is 10.1 Å². The second-order valence-corrected chi connectivity index (χ2v) is 6.31. The van der Waals surface area contributed by atoms with Crippen LogP contribution in [0.15, 0.2) is 66.7 Å². The molecule has 0 unspecified atom stereocenters. The van der Waals surface area contributed by atoms with Crippen LogP contribution >= 0.6 is 0 Å². The van der Waals surface area contributed by atoms with Crippen molar-refractivity contribution in [2.45, 2.75) is 6.92 Å². The average Bonchev–Trinajstić information content (AvgIpc) is 2.74. The average molecular weight is 388 g/mol. The number of esters is 1. The minimum absolute atomic E-state index is 0.0139. The van der Waals surface area contributed by atoms with Gasteiger partial charge in [0.2, 0.25) is 0 Å². The zero-order valence-electron chi connectivity index (χ0n) is 15.6. The van der Waals surface area contributed by atoms with E-state index in [-0.39, 0.29) is 11.3 Å². The SMILES string of the molecule is Cc1ccc(NC(=O)COC(=O)c2ccccc2-c2ccccc2C#N)c(F)c1. The van der Waals surface area contributed by atoms with E-state index >= 15 is 0 Å². The summed E-state index contributed by atoms with van der Waals surface area (Å²) < 4.78 is 18.9. The van der Waals surface area contributed by atoms with Crippen molar-refractivity contribution in [3.63, 3.8) is 0 Å². The molecule has 0 radical (unpaired) electrons. The highest BCUT2D eigenvalue weighted by atomic mass is 19.1. The van der Waals surface area contributed by atoms with Gasteiger partial charge in [0.1, 0.15) is 5.82 Å². The minimum Gasteiger partial charge on any atom is -0.452 e. The maximum absolute atomic E-state index is 13.8. The van der Waals surface area contributed by atoms with E-state index in [1.807, 2.05) is 0 Å². The number of benzene rings is 3. The van der Waals surface area contributed by atoms with Gasteiger partial charge >= 0.3 is 5.97 Å². The lowest BCUT2D eigenvalue weighted by atomic mass is 9.96. The third-order valence-corrected chi connectivity index (χ3v) is 4.22. The number of nitriles is 1. The van der Waals surface area contributed by atoms with Crippen molar-refractivity contribution in [1.29, 1.82) is 5.26 Å². The monoisotopic (exact) mass is 388 g/mol. The molecule has 0 atom stereocenters. The van der Waals surface area contributed by atoms with Gasteiger partial charge in [-0.15, -0.1) is 0 Å². The quantitative estimate of drug-likeness (QED) is 0.654. The number of nitrogens with one attached hydrogen (secondary N) is 1. The molecule has 0 aliphatic carbocycles. The van der Waals surface area contributed by atoms with E-state index in [1.165, 1.54) is 12.1 Å². The first-order valence-electron chi connectivity index (χ1n) is 8.81. The van der Waals surface area contributed by atoms with Crippen LogP contribution in [0.3, 0.4) is 0 Å². The van der Waals surface area contributed by atoms with Gasteiger partial charge in [-0.2, -0.15) is 5.26 Å². The highest BCUT2D eigenvalue weighted by Crippen LogP contribution is 2.27. The maximum Gasteiger partial charge on any atom is 0.339 e. The molecule has 5 nitrogen and oxygen atoms in total. The highest BCUT2D eigenvalue weighted by molar-refractivity contribution is 6.00. The molecule has 3 rings (SSSR count). The lowest BCUT2D eigenvalue weighted by Crippen LogP contribution is -2.21. The van der Waals surface area contributed by atoms with Crippen LogP contribution in [0.25, 0.3) is 11.1 Å². The number of hydrogen-bond donors (Lipinski definition) is 1. The topological polar surface area (TPSA) is 79.2 Å². The first-order valence-corrected chi connectivity index (χ1v) is 8.81. The van der Waals surface area contributed by atoms with E-state index in [0.717, 1.165) is 5.56 Å². The second-order valence-electron chi connectivity index (χ2n) is 6.31. The van der Waals surface area contributed by atoms with E-state index < -0.39 is 24.3 Å². The molecule has 0 heterocycles. The smallest absolute Gasteiger partial charge is 0.339 e. The molecule has 0 aliphatic heterocycles. The fourth-order valence-corrected chi connectivity index (χ4v) is 2.83. The Bertz CT molecular complexity index is 1120. The van der Waals surface area contributed by atoms with Gasteiger partial charge in [0.25, 0.3) is 5.91 Å². The van der Waals surface area contributed by atoms with Crippen LogP contribution in [-0.4, -0.2) is 18.5 Å². The standard InChI is InChI=1S/C23H17FN2O3/c1-15-10-11-21(20(24)12-15)26-22(27)14-29-23(28)19-9-5-4-8-18(19)17-7-3-2-6-16(17)13-25/h2-12H,14H2,1H3,(H,26,27). The molecule has 0 fully saturated rings. The second kappa shape index (κ2) is 8.81. The summed E-state index contributed by atoms with van der Waals surface area (Å²) in [5.41, 5.74) is 2.50. The number of nitrogens with zero attached hydrogens (tertiary/aromatic N) is 1. The molecule has 1 amide bonds. The van der Waals surface area contributed by atoms with Gasteiger partial charge in [0, 0.05) is 5.56 Å². The van der Waals surface area contributed by atoms with Crippen molar-refractivity contribution in [1.82, 2.24) is 0 Å². The number of hydrogen-bond acceptors (Lipinski definition) is 4. The Morgan fingerprint density at radius 2 is 1.72 bits per heavy atom. The predicted molar refractivity (Wildman–Crippen MR) is 107 cm³/mol. The molecular formula is C23H17FN2O3. The molecule has 3 aromatic rings. The summed E-state index contributed by atoms with van der Waals surface area (Å²) in [6, 6.07) is 20.0. The van der Waals surface area contributed by atoms with Crippen molar-refractivity contribution < 1.29 is 18.7 Å². The van der Waals surface area contributed by atoms with Gasteiger partial charge in [-0.05, 0) is 42.3 Å². The first kappa shape index (κ1) is 19.8. The van der Waals surface area contributed by atoms with Crippen molar-refractivity contribution in [2.24, 2.45) is 0 Å². The van der Waals surface area contributed by atoms with Crippen LogP contribution in [0.5, 0.6) is 0 Å². The zero-order chi connectivity index (χ0) is 20.8. The Balaban J connectivity index is 1.73. The minimum atomic E-state index is -0.715. The van der Waals surface area contributed by atoms with Gasteiger partial charge in [0.15, 0.2) is 6.61 Å². The van der Waals surface area contributed by atoms with Crippen LogP contribution < -0.4 is 5.32 Å². The predicted octanol–water partition coefficient (Wildman–Crippen LogP) is 4.47. The highest BCUT2D eigenvalue weighted by Gasteiger charge is 2.17. The fraction of sp³-hybridized carbons (Fsp3) is 0.0870.